The zero-order valence-corrected chi connectivity index (χ0v) is 29.7. The van der Waals surface area contributed by atoms with Gasteiger partial charge < -0.3 is 35.8 Å². The summed E-state index contributed by atoms with van der Waals surface area (Å²) in [4.78, 5) is 70.2. The summed E-state index contributed by atoms with van der Waals surface area (Å²) in [6.45, 7) is 11.0. The lowest BCUT2D eigenvalue weighted by Gasteiger charge is -2.35. The molecule has 2 aliphatic rings. The van der Waals surface area contributed by atoms with Crippen molar-refractivity contribution in [3.8, 4) is 0 Å². The number of rotatable bonds is 14. The van der Waals surface area contributed by atoms with Crippen LogP contribution in [0.25, 0.3) is 0 Å². The van der Waals surface area contributed by atoms with Gasteiger partial charge in [0.15, 0.2) is 5.78 Å². The van der Waals surface area contributed by atoms with Crippen LogP contribution in [0.2, 0.25) is 5.02 Å². The van der Waals surface area contributed by atoms with Crippen molar-refractivity contribution in [1.29, 1.82) is 0 Å². The van der Waals surface area contributed by atoms with Crippen LogP contribution >= 0.6 is 11.6 Å². The van der Waals surface area contributed by atoms with E-state index in [1.54, 1.807) is 41.0 Å². The first-order chi connectivity index (χ1) is 23.2. The summed E-state index contributed by atoms with van der Waals surface area (Å²) in [6, 6.07) is 12.7. The van der Waals surface area contributed by atoms with Crippen LogP contribution in [-0.2, 0) is 25.5 Å². The summed E-state index contributed by atoms with van der Waals surface area (Å²) in [6.07, 6.45) is 0.958. The van der Waals surface area contributed by atoms with Gasteiger partial charge in [0, 0.05) is 43.3 Å². The topological polar surface area (TPSA) is 152 Å². The number of carbonyl (C=O) groups excluding carboxylic acids is 5. The highest BCUT2D eigenvalue weighted by atomic mass is 35.5. The number of urea groups is 2. The van der Waals surface area contributed by atoms with Crippen molar-refractivity contribution in [2.24, 2.45) is 11.8 Å². The van der Waals surface area contributed by atoms with E-state index in [4.69, 9.17) is 16.3 Å². The molecule has 2 aromatic rings. The maximum atomic E-state index is 13.8. The van der Waals surface area contributed by atoms with Crippen molar-refractivity contribution in [2.75, 3.05) is 38.1 Å². The Kier molecular flexibility index (Phi) is 13.0. The molecule has 2 heterocycles. The number of hydrogen-bond donors (Lipinski definition) is 4. The van der Waals surface area contributed by atoms with Crippen molar-refractivity contribution in [3.05, 3.63) is 65.2 Å². The zero-order valence-electron chi connectivity index (χ0n) is 29.0. The van der Waals surface area contributed by atoms with Gasteiger partial charge in [-0.25, -0.2) is 9.59 Å². The van der Waals surface area contributed by atoms with E-state index in [0.717, 1.165) is 5.56 Å². The molecule has 13 heteroatoms. The van der Waals surface area contributed by atoms with Crippen LogP contribution in [0, 0.1) is 11.8 Å². The standard InChI is InChI=1S/C36H49ClN6O6/c1-23(2)19-28(31(44)36(5)22-49-36)39-33(46)30(21-25-9-7-6-8-10-25)40-32(45)29(20-24(3)4)41-35(48)43-17-15-42(16-18-43)34(47)38-27-13-11-26(37)12-14-27/h6-14,23-24,28-30H,15-22H2,1-5H3,(H,38,47)(H,39,46)(H,40,45)(H,41,48)/t28-,29-,30-,36+/m0/s1. The predicted octanol–water partition coefficient (Wildman–Crippen LogP) is 4.23. The number of anilines is 1. The number of amides is 6. The van der Waals surface area contributed by atoms with Gasteiger partial charge in [-0.15, -0.1) is 0 Å². The highest BCUT2D eigenvalue weighted by Crippen LogP contribution is 2.29. The fraction of sp³-hybridized carbons (Fsp3) is 0.528. The van der Waals surface area contributed by atoms with Crippen molar-refractivity contribution >= 4 is 46.9 Å². The fourth-order valence-electron chi connectivity index (χ4n) is 5.72. The van der Waals surface area contributed by atoms with Crippen LogP contribution in [-0.4, -0.2) is 96.0 Å². The third-order valence-corrected chi connectivity index (χ3v) is 8.88. The minimum absolute atomic E-state index is 0.0539. The molecule has 0 aliphatic carbocycles. The molecular weight excluding hydrogens is 648 g/mol. The number of piperazine rings is 1. The number of ketones is 1. The molecular formula is C36H49ClN6O6. The Bertz CT molecular complexity index is 1460. The normalized spacial score (nSPS) is 19.1. The number of nitrogens with zero attached hydrogens (tertiary/aromatic N) is 2. The lowest BCUT2D eigenvalue weighted by molar-refractivity contribution is -0.133. The average molecular weight is 697 g/mol. The Morgan fingerprint density at radius 3 is 1.80 bits per heavy atom. The monoisotopic (exact) mass is 696 g/mol. The van der Waals surface area contributed by atoms with E-state index in [1.165, 1.54) is 0 Å². The SMILES string of the molecule is CC(C)C[C@H](NC(=O)N1CCN(C(=O)Nc2ccc(Cl)cc2)CC1)C(=O)N[C@@H](Cc1ccccc1)C(=O)N[C@@H](CC(C)C)C(=O)[C@@]1(C)CO1. The Labute approximate surface area is 293 Å². The number of benzene rings is 2. The van der Waals surface area contributed by atoms with Crippen LogP contribution in [0.3, 0.4) is 0 Å². The molecule has 0 saturated carbocycles. The summed E-state index contributed by atoms with van der Waals surface area (Å²) in [5.41, 5.74) is 0.531. The molecule has 2 saturated heterocycles. The van der Waals surface area contributed by atoms with Crippen LogP contribution < -0.4 is 21.3 Å². The fourth-order valence-corrected chi connectivity index (χ4v) is 5.84. The molecule has 266 valence electrons. The number of epoxide rings is 1. The first-order valence-corrected chi connectivity index (χ1v) is 17.3. The predicted molar refractivity (Wildman–Crippen MR) is 188 cm³/mol. The highest BCUT2D eigenvalue weighted by molar-refractivity contribution is 6.30. The van der Waals surface area contributed by atoms with Crippen LogP contribution in [0.4, 0.5) is 15.3 Å². The Morgan fingerprint density at radius 2 is 1.24 bits per heavy atom. The van der Waals surface area contributed by atoms with Crippen LogP contribution in [0.15, 0.2) is 54.6 Å². The number of nitrogens with one attached hydrogen (secondary N) is 4. The average Bonchev–Trinajstić information content (AvgIpc) is 3.82. The molecule has 0 bridgehead atoms. The highest BCUT2D eigenvalue weighted by Gasteiger charge is 2.50. The Morgan fingerprint density at radius 1 is 0.735 bits per heavy atom. The van der Waals surface area contributed by atoms with Crippen molar-refractivity contribution in [1.82, 2.24) is 25.8 Å². The van der Waals surface area contributed by atoms with Crippen LogP contribution in [0.5, 0.6) is 0 Å². The molecule has 12 nitrogen and oxygen atoms in total. The van der Waals surface area contributed by atoms with E-state index >= 15 is 0 Å². The minimum atomic E-state index is -1.00. The van der Waals surface area contributed by atoms with E-state index in [9.17, 15) is 24.0 Å². The molecule has 4 rings (SSSR count). The van der Waals surface area contributed by atoms with Gasteiger partial charge in [-0.05, 0) is 61.4 Å². The minimum Gasteiger partial charge on any atom is -0.361 e. The molecule has 4 atom stereocenters. The Balaban J connectivity index is 1.40. The van der Waals surface area contributed by atoms with Gasteiger partial charge in [0.1, 0.15) is 17.7 Å². The van der Waals surface area contributed by atoms with Gasteiger partial charge in [0.2, 0.25) is 11.8 Å². The van der Waals surface area contributed by atoms with Crippen molar-refractivity contribution < 1.29 is 28.7 Å². The van der Waals surface area contributed by atoms with Gasteiger partial charge in [-0.3, -0.25) is 14.4 Å². The molecule has 4 N–H and O–H groups in total. The second kappa shape index (κ2) is 17.0. The van der Waals surface area contributed by atoms with Gasteiger partial charge >= 0.3 is 12.1 Å². The lowest BCUT2D eigenvalue weighted by Crippen LogP contribution is -2.60. The first-order valence-electron chi connectivity index (χ1n) is 16.9. The smallest absolute Gasteiger partial charge is 0.321 e. The number of halogens is 1. The molecule has 6 amide bonds. The number of ether oxygens (including phenoxy) is 1. The maximum Gasteiger partial charge on any atom is 0.321 e. The van der Waals surface area contributed by atoms with Crippen molar-refractivity contribution in [2.45, 2.75) is 77.6 Å². The molecule has 2 fully saturated rings. The van der Waals surface area contributed by atoms with Crippen molar-refractivity contribution in [3.63, 3.8) is 0 Å². The zero-order chi connectivity index (χ0) is 35.7. The molecule has 0 unspecified atom stereocenters. The van der Waals surface area contributed by atoms with E-state index in [-0.39, 0.29) is 43.2 Å². The van der Waals surface area contributed by atoms with Crippen LogP contribution in [0.1, 0.15) is 53.0 Å². The lowest BCUT2D eigenvalue weighted by atomic mass is 9.93. The molecule has 0 aromatic heterocycles. The maximum absolute atomic E-state index is 13.8. The number of carbonyl (C=O) groups is 5. The quantitative estimate of drug-likeness (QED) is 0.217. The van der Waals surface area contributed by atoms with Gasteiger partial charge in [-0.2, -0.15) is 0 Å². The number of hydrogen-bond acceptors (Lipinski definition) is 6. The Hall–Kier alpha value is -4.16. The summed E-state index contributed by atoms with van der Waals surface area (Å²) in [7, 11) is 0. The second-order valence-corrected chi connectivity index (χ2v) is 14.3. The van der Waals surface area contributed by atoms with E-state index in [2.05, 4.69) is 21.3 Å². The summed E-state index contributed by atoms with van der Waals surface area (Å²) in [5, 5.41) is 12.1. The van der Waals surface area contributed by atoms with Gasteiger partial charge in [-0.1, -0.05) is 69.6 Å². The molecule has 2 aromatic carbocycles. The van der Waals surface area contributed by atoms with E-state index in [1.807, 2.05) is 58.0 Å². The van der Waals surface area contributed by atoms with Gasteiger partial charge in [0.05, 0.1) is 12.6 Å². The largest absolute Gasteiger partial charge is 0.361 e. The second-order valence-electron chi connectivity index (χ2n) is 13.9. The molecule has 49 heavy (non-hydrogen) atoms. The van der Waals surface area contributed by atoms with E-state index in [0.29, 0.717) is 43.2 Å². The van der Waals surface area contributed by atoms with Gasteiger partial charge in [0.25, 0.3) is 0 Å². The number of Topliss-reactive ketones (excluding diaryl/α,β-unsaturated/α-hetero) is 1. The summed E-state index contributed by atoms with van der Waals surface area (Å²) < 4.78 is 5.38. The summed E-state index contributed by atoms with van der Waals surface area (Å²) in [5.74, 6) is -0.986. The van der Waals surface area contributed by atoms with E-state index < -0.39 is 41.6 Å². The third kappa shape index (κ3) is 11.2. The third-order valence-electron chi connectivity index (χ3n) is 8.63. The summed E-state index contributed by atoms with van der Waals surface area (Å²) >= 11 is 5.93. The molecule has 0 spiro atoms. The molecule has 0 radical (unpaired) electrons. The first kappa shape index (κ1) is 37.7. The molecule has 2 aliphatic heterocycles.